The van der Waals surface area contributed by atoms with Crippen molar-refractivity contribution < 1.29 is 4.79 Å². The van der Waals surface area contributed by atoms with Crippen molar-refractivity contribution in [2.24, 2.45) is 11.0 Å². The fourth-order valence-electron chi connectivity index (χ4n) is 1.81. The van der Waals surface area contributed by atoms with E-state index < -0.39 is 0 Å². The highest BCUT2D eigenvalue weighted by atomic mass is 16.2. The van der Waals surface area contributed by atoms with Crippen LogP contribution in [0.5, 0.6) is 0 Å². The first-order valence-corrected chi connectivity index (χ1v) is 5.39. The predicted molar refractivity (Wildman–Crippen MR) is 67.4 cm³/mol. The Morgan fingerprint density at radius 3 is 2.76 bits per heavy atom. The van der Waals surface area contributed by atoms with Crippen LogP contribution < -0.4 is 10.7 Å². The molecular weight excluding hydrogens is 214 g/mol. The van der Waals surface area contributed by atoms with Crippen LogP contribution in [0.2, 0.25) is 0 Å². The number of rotatable bonds is 2. The zero-order chi connectivity index (χ0) is 12.3. The molecule has 1 heterocycles. The number of nitrogens with zero attached hydrogens (tertiary/aromatic N) is 1. The van der Waals surface area contributed by atoms with Crippen molar-refractivity contribution in [1.82, 2.24) is 5.43 Å². The van der Waals surface area contributed by atoms with Crippen LogP contribution in [0.15, 0.2) is 29.4 Å². The lowest BCUT2D eigenvalue weighted by molar-refractivity contribution is -0.121. The smallest absolute Gasteiger partial charge is 0.240 e. The van der Waals surface area contributed by atoms with Crippen LogP contribution in [-0.4, -0.2) is 11.6 Å². The molecule has 2 rings (SSSR count). The quantitative estimate of drug-likeness (QED) is 0.595. The van der Waals surface area contributed by atoms with Gasteiger partial charge in [0.1, 0.15) is 0 Å². The molecule has 0 aromatic heterocycles. The third-order valence-electron chi connectivity index (χ3n) is 2.66. The van der Waals surface area contributed by atoms with Crippen molar-refractivity contribution in [3.05, 3.63) is 29.8 Å². The zero-order valence-electron chi connectivity index (χ0n) is 9.53. The van der Waals surface area contributed by atoms with E-state index in [9.17, 15) is 4.79 Å². The van der Waals surface area contributed by atoms with Crippen molar-refractivity contribution in [2.45, 2.75) is 13.3 Å². The zero-order valence-corrected chi connectivity index (χ0v) is 9.53. The Balaban J connectivity index is 2.23. The van der Waals surface area contributed by atoms with Crippen molar-refractivity contribution in [1.29, 1.82) is 0 Å². The fourth-order valence-corrected chi connectivity index (χ4v) is 1.81. The average Bonchev–Trinajstić information content (AvgIpc) is 2.31. The van der Waals surface area contributed by atoms with E-state index in [0.717, 1.165) is 17.0 Å². The largest absolute Gasteiger partial charge is 0.315 e. The number of amides is 1. The van der Waals surface area contributed by atoms with Gasteiger partial charge in [-0.15, -0.1) is 0 Å². The molecule has 0 bridgehead atoms. The lowest BCUT2D eigenvalue weighted by Crippen LogP contribution is -2.31. The molecule has 2 N–H and O–H groups in total. The Labute approximate surface area is 100 Å². The average molecular weight is 227 g/mol. The first kappa shape index (κ1) is 11.2. The van der Waals surface area contributed by atoms with E-state index >= 15 is 0 Å². The number of anilines is 1. The summed E-state index contributed by atoms with van der Waals surface area (Å²) in [5.41, 5.74) is 5.27. The first-order valence-electron chi connectivity index (χ1n) is 5.39. The first-order chi connectivity index (χ1) is 8.20. The number of carbonyl (C=O) groups excluding carboxylic acids is 1. The van der Waals surface area contributed by atoms with Gasteiger partial charge >= 0.3 is 0 Å². The van der Waals surface area contributed by atoms with Crippen LogP contribution in [-0.2, 0) is 4.79 Å². The van der Waals surface area contributed by atoms with E-state index in [0.29, 0.717) is 6.42 Å². The molecule has 0 aliphatic carbocycles. The monoisotopic (exact) mass is 227 g/mol. The Hall–Kier alpha value is -2.28. The number of nitrogens with one attached hydrogen (secondary N) is 2. The highest BCUT2D eigenvalue weighted by molar-refractivity contribution is 6.05. The second kappa shape index (κ2) is 4.71. The van der Waals surface area contributed by atoms with Crippen molar-refractivity contribution in [3.63, 3.8) is 0 Å². The molecule has 17 heavy (non-hydrogen) atoms. The topological polar surface area (TPSA) is 53.5 Å². The van der Waals surface area contributed by atoms with E-state index in [4.69, 9.17) is 6.42 Å². The molecule has 4 nitrogen and oxygen atoms in total. The number of hydrogen-bond acceptors (Lipinski definition) is 3. The number of benzene rings is 1. The standard InChI is InChI=1S/C13H13N3O/c1-3-14-11-6-4-10(5-7-11)13-9(2)8-12(17)15-16-13/h1,4-7,9,14H,8H2,2H3,(H,15,17). The molecule has 0 spiro atoms. The van der Waals surface area contributed by atoms with Gasteiger partial charge in [0.2, 0.25) is 5.91 Å². The second-order valence-electron chi connectivity index (χ2n) is 3.98. The van der Waals surface area contributed by atoms with E-state index in [2.05, 4.69) is 21.9 Å². The summed E-state index contributed by atoms with van der Waals surface area (Å²) in [4.78, 5) is 11.1. The predicted octanol–water partition coefficient (Wildman–Crippen LogP) is 1.55. The summed E-state index contributed by atoms with van der Waals surface area (Å²) in [6.45, 7) is 1.99. The molecule has 0 fully saturated rings. The Morgan fingerprint density at radius 2 is 2.18 bits per heavy atom. The fraction of sp³-hybridized carbons (Fsp3) is 0.231. The van der Waals surface area contributed by atoms with Gasteiger partial charge < -0.3 is 5.32 Å². The molecule has 4 heteroatoms. The van der Waals surface area contributed by atoms with Gasteiger partial charge in [0, 0.05) is 24.1 Å². The minimum absolute atomic E-state index is 0.0353. The van der Waals surface area contributed by atoms with E-state index in [-0.39, 0.29) is 11.8 Å². The second-order valence-corrected chi connectivity index (χ2v) is 3.98. The van der Waals surface area contributed by atoms with Gasteiger partial charge in [0.25, 0.3) is 0 Å². The van der Waals surface area contributed by atoms with E-state index in [1.54, 1.807) is 0 Å². The SMILES string of the molecule is C#CNc1ccc(C2=NNC(=O)CC2C)cc1. The number of hydrazone groups is 1. The van der Waals surface area contributed by atoms with Gasteiger partial charge in [0.05, 0.1) is 5.71 Å². The molecule has 1 amide bonds. The Kier molecular flexibility index (Phi) is 3.10. The summed E-state index contributed by atoms with van der Waals surface area (Å²) in [6, 6.07) is 10.0. The maximum atomic E-state index is 11.1. The molecular formula is C13H13N3O. The van der Waals surface area contributed by atoms with Crippen LogP contribution in [0.25, 0.3) is 0 Å². The molecule has 0 radical (unpaired) electrons. The summed E-state index contributed by atoms with van der Waals surface area (Å²) in [5.74, 6) is 0.0991. The third kappa shape index (κ3) is 2.45. The van der Waals surface area contributed by atoms with Gasteiger partial charge in [-0.2, -0.15) is 5.10 Å². The summed E-state index contributed by atoms with van der Waals surface area (Å²) in [6.07, 6.45) is 5.62. The van der Waals surface area contributed by atoms with E-state index in [1.807, 2.05) is 31.2 Å². The van der Waals surface area contributed by atoms with Crippen LogP contribution >= 0.6 is 0 Å². The maximum Gasteiger partial charge on any atom is 0.240 e. The molecule has 1 unspecified atom stereocenters. The highest BCUT2D eigenvalue weighted by Crippen LogP contribution is 2.18. The molecule has 1 aliphatic heterocycles. The molecule has 1 aromatic carbocycles. The van der Waals surface area contributed by atoms with Crippen molar-refractivity contribution >= 4 is 17.3 Å². The lowest BCUT2D eigenvalue weighted by Gasteiger charge is -2.19. The van der Waals surface area contributed by atoms with Crippen LogP contribution in [0.3, 0.4) is 0 Å². The molecule has 0 saturated heterocycles. The summed E-state index contributed by atoms with van der Waals surface area (Å²) < 4.78 is 0. The van der Waals surface area contributed by atoms with Crippen LogP contribution in [0.4, 0.5) is 5.69 Å². The van der Waals surface area contributed by atoms with Crippen molar-refractivity contribution in [3.8, 4) is 12.5 Å². The minimum Gasteiger partial charge on any atom is -0.315 e. The highest BCUT2D eigenvalue weighted by Gasteiger charge is 2.21. The number of carbonyl (C=O) groups is 1. The Morgan fingerprint density at radius 1 is 1.47 bits per heavy atom. The molecule has 1 aromatic rings. The molecule has 1 aliphatic rings. The number of terminal acetylenes is 1. The van der Waals surface area contributed by atoms with E-state index in [1.165, 1.54) is 0 Å². The van der Waals surface area contributed by atoms with Crippen LogP contribution in [0, 0.1) is 18.4 Å². The van der Waals surface area contributed by atoms with Gasteiger partial charge in [-0.25, -0.2) is 5.43 Å². The van der Waals surface area contributed by atoms with Crippen molar-refractivity contribution in [2.75, 3.05) is 5.32 Å². The maximum absolute atomic E-state index is 11.1. The van der Waals surface area contributed by atoms with Gasteiger partial charge in [-0.1, -0.05) is 25.5 Å². The molecule has 0 saturated carbocycles. The summed E-state index contributed by atoms with van der Waals surface area (Å²) in [5, 5.41) is 6.87. The molecule has 1 atom stereocenters. The molecule has 86 valence electrons. The lowest BCUT2D eigenvalue weighted by atomic mass is 9.94. The Bertz CT molecular complexity index is 496. The number of hydrogen-bond donors (Lipinski definition) is 2. The van der Waals surface area contributed by atoms with Gasteiger partial charge in [0.15, 0.2) is 0 Å². The summed E-state index contributed by atoms with van der Waals surface area (Å²) in [7, 11) is 0. The summed E-state index contributed by atoms with van der Waals surface area (Å²) >= 11 is 0. The van der Waals surface area contributed by atoms with Gasteiger partial charge in [-0.3, -0.25) is 4.79 Å². The third-order valence-corrected chi connectivity index (χ3v) is 2.66. The van der Waals surface area contributed by atoms with Gasteiger partial charge in [-0.05, 0) is 17.7 Å². The normalized spacial score (nSPS) is 18.9. The van der Waals surface area contributed by atoms with Crippen LogP contribution in [0.1, 0.15) is 18.9 Å². The minimum atomic E-state index is -0.0353.